The molecule has 96 valence electrons. The molecule has 0 fully saturated rings. The molecule has 1 aromatic carbocycles. The van der Waals surface area contributed by atoms with Crippen LogP contribution in [0.25, 0.3) is 0 Å². The predicted molar refractivity (Wildman–Crippen MR) is 69.5 cm³/mol. The zero-order valence-electron chi connectivity index (χ0n) is 9.98. The molecule has 1 unspecified atom stereocenters. The maximum absolute atomic E-state index is 11.9. The average molecular weight is 256 g/mol. The van der Waals surface area contributed by atoms with Crippen LogP contribution in [-0.4, -0.2) is 17.3 Å². The number of hydrazine groups is 1. The van der Waals surface area contributed by atoms with Gasteiger partial charge >= 0.3 is 5.91 Å². The van der Waals surface area contributed by atoms with Crippen molar-refractivity contribution >= 4 is 17.9 Å². The third kappa shape index (κ3) is 2.09. The van der Waals surface area contributed by atoms with Crippen LogP contribution in [0.1, 0.15) is 22.3 Å². The molecule has 6 heteroatoms. The number of nitrogens with zero attached hydrogens (tertiary/aromatic N) is 2. The Morgan fingerprint density at radius 1 is 1.32 bits per heavy atom. The van der Waals surface area contributed by atoms with E-state index in [1.54, 1.807) is 12.1 Å². The van der Waals surface area contributed by atoms with Crippen molar-refractivity contribution in [1.82, 2.24) is 10.4 Å². The van der Waals surface area contributed by atoms with Gasteiger partial charge in [-0.2, -0.15) is 0 Å². The molecule has 1 amide bonds. The number of aliphatic imine (C=N–C) groups is 1. The smallest absolute Gasteiger partial charge is 0.305 e. The van der Waals surface area contributed by atoms with Crippen molar-refractivity contribution in [3.63, 3.8) is 0 Å². The minimum atomic E-state index is -0.479. The van der Waals surface area contributed by atoms with Crippen LogP contribution in [0.3, 0.4) is 0 Å². The SMILES string of the molecule is NC1c2ccccc2N=CN1NC(=O)c1ccco1. The summed E-state index contributed by atoms with van der Waals surface area (Å²) in [4.78, 5) is 16.1. The highest BCUT2D eigenvalue weighted by Crippen LogP contribution is 2.28. The first-order valence-electron chi connectivity index (χ1n) is 5.77. The van der Waals surface area contributed by atoms with Crippen LogP contribution >= 0.6 is 0 Å². The number of nitrogens with one attached hydrogen (secondary N) is 1. The van der Waals surface area contributed by atoms with Gasteiger partial charge in [-0.1, -0.05) is 18.2 Å². The molecule has 3 rings (SSSR count). The number of benzene rings is 1. The lowest BCUT2D eigenvalue weighted by Gasteiger charge is -2.30. The molecule has 1 aromatic heterocycles. The van der Waals surface area contributed by atoms with Crippen LogP contribution < -0.4 is 11.2 Å². The quantitative estimate of drug-likeness (QED) is 0.854. The monoisotopic (exact) mass is 256 g/mol. The first-order valence-corrected chi connectivity index (χ1v) is 5.77. The molecule has 1 aliphatic rings. The fraction of sp³-hybridized carbons (Fsp3) is 0.0769. The lowest BCUT2D eigenvalue weighted by atomic mass is 10.1. The van der Waals surface area contributed by atoms with Crippen LogP contribution in [-0.2, 0) is 0 Å². The van der Waals surface area contributed by atoms with E-state index >= 15 is 0 Å². The lowest BCUT2D eigenvalue weighted by Crippen LogP contribution is -2.47. The summed E-state index contributed by atoms with van der Waals surface area (Å²) >= 11 is 0. The summed E-state index contributed by atoms with van der Waals surface area (Å²) in [5.74, 6) is -0.147. The number of furan rings is 1. The van der Waals surface area contributed by atoms with Crippen molar-refractivity contribution < 1.29 is 9.21 Å². The van der Waals surface area contributed by atoms with E-state index in [4.69, 9.17) is 10.2 Å². The first kappa shape index (κ1) is 11.5. The number of para-hydroxylation sites is 1. The summed E-state index contributed by atoms with van der Waals surface area (Å²) in [5.41, 5.74) is 10.4. The van der Waals surface area contributed by atoms with Crippen LogP contribution in [0.2, 0.25) is 0 Å². The molecule has 2 aromatic rings. The molecule has 2 heterocycles. The Kier molecular flexibility index (Phi) is 2.77. The molecule has 0 radical (unpaired) electrons. The van der Waals surface area contributed by atoms with E-state index in [9.17, 15) is 4.79 Å². The van der Waals surface area contributed by atoms with Crippen molar-refractivity contribution in [1.29, 1.82) is 0 Å². The van der Waals surface area contributed by atoms with Crippen LogP contribution in [0, 0.1) is 0 Å². The maximum Gasteiger partial charge on any atom is 0.305 e. The number of hydrogen-bond acceptors (Lipinski definition) is 5. The average Bonchev–Trinajstić information content (AvgIpc) is 2.96. The molecular weight excluding hydrogens is 244 g/mol. The van der Waals surface area contributed by atoms with Crippen molar-refractivity contribution in [2.45, 2.75) is 6.17 Å². The summed E-state index contributed by atoms with van der Waals surface area (Å²) in [6.45, 7) is 0. The summed E-state index contributed by atoms with van der Waals surface area (Å²) in [7, 11) is 0. The molecular formula is C13H12N4O2. The third-order valence-corrected chi connectivity index (χ3v) is 2.85. The Bertz CT molecular complexity index is 621. The highest BCUT2D eigenvalue weighted by molar-refractivity contribution is 5.92. The van der Waals surface area contributed by atoms with Gasteiger partial charge in [-0.05, 0) is 18.2 Å². The second-order valence-electron chi connectivity index (χ2n) is 4.07. The Hall–Kier alpha value is -2.60. The molecule has 6 nitrogen and oxygen atoms in total. The topological polar surface area (TPSA) is 83.9 Å². The van der Waals surface area contributed by atoms with Gasteiger partial charge in [0, 0.05) is 5.56 Å². The molecule has 0 saturated heterocycles. The van der Waals surface area contributed by atoms with E-state index in [0.717, 1.165) is 11.3 Å². The summed E-state index contributed by atoms with van der Waals surface area (Å²) in [5, 5.41) is 1.45. The minimum Gasteiger partial charge on any atom is -0.459 e. The van der Waals surface area contributed by atoms with Crippen LogP contribution in [0.15, 0.2) is 52.1 Å². The van der Waals surface area contributed by atoms with Gasteiger partial charge in [-0.25, -0.2) is 4.99 Å². The Balaban J connectivity index is 1.80. The van der Waals surface area contributed by atoms with Gasteiger partial charge in [0.05, 0.1) is 12.0 Å². The number of carbonyl (C=O) groups is 1. The summed E-state index contributed by atoms with van der Waals surface area (Å²) in [6.07, 6.45) is 2.45. The number of fused-ring (bicyclic) bond motifs is 1. The highest BCUT2D eigenvalue weighted by atomic mass is 16.3. The normalized spacial score (nSPS) is 17.1. The number of carbonyl (C=O) groups excluding carboxylic acids is 1. The zero-order valence-corrected chi connectivity index (χ0v) is 9.98. The predicted octanol–water partition coefficient (Wildman–Crippen LogP) is 1.56. The van der Waals surface area contributed by atoms with E-state index in [-0.39, 0.29) is 11.7 Å². The zero-order chi connectivity index (χ0) is 13.2. The molecule has 0 aliphatic carbocycles. The van der Waals surface area contributed by atoms with Gasteiger partial charge in [0.2, 0.25) is 0 Å². The molecule has 0 bridgehead atoms. The number of rotatable bonds is 2. The summed E-state index contributed by atoms with van der Waals surface area (Å²) < 4.78 is 5.02. The van der Waals surface area contributed by atoms with E-state index in [1.807, 2.05) is 24.3 Å². The molecule has 0 saturated carbocycles. The molecule has 19 heavy (non-hydrogen) atoms. The van der Waals surface area contributed by atoms with Gasteiger partial charge in [0.15, 0.2) is 5.76 Å². The van der Waals surface area contributed by atoms with Gasteiger partial charge in [-0.15, -0.1) is 0 Å². The van der Waals surface area contributed by atoms with Gasteiger partial charge in [-0.3, -0.25) is 15.2 Å². The largest absolute Gasteiger partial charge is 0.459 e. The standard InChI is InChI=1S/C13H12N4O2/c14-12-9-4-1-2-5-10(9)15-8-17(12)16-13(18)11-6-3-7-19-11/h1-8,12H,14H2,(H,16,18). The Morgan fingerprint density at radius 2 is 2.16 bits per heavy atom. The van der Waals surface area contributed by atoms with Crippen molar-refractivity contribution in [3.05, 3.63) is 54.0 Å². The maximum atomic E-state index is 11.9. The first-order chi connectivity index (χ1) is 9.25. The van der Waals surface area contributed by atoms with E-state index in [2.05, 4.69) is 10.4 Å². The summed E-state index contributed by atoms with van der Waals surface area (Å²) in [6, 6.07) is 10.7. The minimum absolute atomic E-state index is 0.222. The van der Waals surface area contributed by atoms with Gasteiger partial charge < -0.3 is 10.2 Å². The van der Waals surface area contributed by atoms with Gasteiger partial charge in [0.1, 0.15) is 12.5 Å². The second kappa shape index (κ2) is 4.58. The number of nitrogens with two attached hydrogens (primary N) is 1. The van der Waals surface area contributed by atoms with Crippen molar-refractivity contribution in [3.8, 4) is 0 Å². The number of hydrogen-bond donors (Lipinski definition) is 2. The Labute approximate surface area is 109 Å². The second-order valence-corrected chi connectivity index (χ2v) is 4.07. The number of amides is 1. The molecule has 1 aliphatic heterocycles. The Morgan fingerprint density at radius 3 is 2.95 bits per heavy atom. The van der Waals surface area contributed by atoms with Crippen molar-refractivity contribution in [2.75, 3.05) is 0 Å². The highest BCUT2D eigenvalue weighted by Gasteiger charge is 2.23. The van der Waals surface area contributed by atoms with E-state index in [1.165, 1.54) is 17.6 Å². The van der Waals surface area contributed by atoms with Gasteiger partial charge in [0.25, 0.3) is 0 Å². The lowest BCUT2D eigenvalue weighted by molar-refractivity contribution is 0.0809. The van der Waals surface area contributed by atoms with Crippen LogP contribution in [0.5, 0.6) is 0 Å². The molecule has 3 N–H and O–H groups in total. The molecule has 0 spiro atoms. The van der Waals surface area contributed by atoms with Crippen LogP contribution in [0.4, 0.5) is 5.69 Å². The van der Waals surface area contributed by atoms with Crippen molar-refractivity contribution in [2.24, 2.45) is 10.7 Å². The fourth-order valence-corrected chi connectivity index (χ4v) is 1.88. The van der Waals surface area contributed by atoms with E-state index < -0.39 is 6.17 Å². The fourth-order valence-electron chi connectivity index (χ4n) is 1.88. The third-order valence-electron chi connectivity index (χ3n) is 2.85. The van der Waals surface area contributed by atoms with E-state index in [0.29, 0.717) is 0 Å². The molecule has 1 atom stereocenters.